The van der Waals surface area contributed by atoms with E-state index in [2.05, 4.69) is 71.6 Å². The number of rotatable bonds is 8. The fourth-order valence-electron chi connectivity index (χ4n) is 7.70. The highest BCUT2D eigenvalue weighted by Gasteiger charge is 2.67. The first-order valence-corrected chi connectivity index (χ1v) is 16.8. The van der Waals surface area contributed by atoms with E-state index in [1.807, 2.05) is 103 Å². The van der Waals surface area contributed by atoms with Crippen molar-refractivity contribution in [2.24, 2.45) is 0 Å². The predicted octanol–water partition coefficient (Wildman–Crippen LogP) is 8.31. The fourth-order valence-corrected chi connectivity index (χ4v) is 7.70. The molecule has 0 saturated carbocycles. The number of hydrogen-bond acceptors (Lipinski definition) is 4. The minimum absolute atomic E-state index is 0.0803. The summed E-state index contributed by atoms with van der Waals surface area (Å²) in [7, 11) is 0. The number of benzene rings is 6. The molecule has 1 spiro atoms. The molecule has 2 atom stereocenters. The number of nitrogens with zero attached hydrogens (tertiary/aromatic N) is 2. The summed E-state index contributed by atoms with van der Waals surface area (Å²) >= 11 is 0. The summed E-state index contributed by atoms with van der Waals surface area (Å²) in [5.74, 6) is 0.441. The van der Waals surface area contributed by atoms with Crippen LogP contribution in [0.5, 0.6) is 5.75 Å². The SMILES string of the molecule is Cc1ccc2c(c1)N(Cc1ccccc1)C(=O)[C@]21c2ccc(N(Cc3ccccc3)Cc3ccccc3)cc2OC[C@]1(O)c1ccccc1. The fraction of sp³-hybridized carbons (Fsp3) is 0.159. The van der Waals surface area contributed by atoms with Gasteiger partial charge in [0.05, 0.1) is 6.54 Å². The molecule has 0 aliphatic carbocycles. The van der Waals surface area contributed by atoms with E-state index in [0.717, 1.165) is 28.1 Å². The van der Waals surface area contributed by atoms with Crippen LogP contribution in [0.4, 0.5) is 11.4 Å². The van der Waals surface area contributed by atoms with Crippen LogP contribution in [0.15, 0.2) is 158 Å². The van der Waals surface area contributed by atoms with Gasteiger partial charge >= 0.3 is 0 Å². The van der Waals surface area contributed by atoms with Crippen molar-refractivity contribution in [3.05, 3.63) is 197 Å². The number of hydrogen-bond donors (Lipinski definition) is 1. The van der Waals surface area contributed by atoms with Gasteiger partial charge in [0.2, 0.25) is 5.91 Å². The van der Waals surface area contributed by atoms with Crippen LogP contribution >= 0.6 is 0 Å². The topological polar surface area (TPSA) is 53.0 Å². The van der Waals surface area contributed by atoms with Gasteiger partial charge < -0.3 is 19.6 Å². The van der Waals surface area contributed by atoms with Crippen LogP contribution in [0.3, 0.4) is 0 Å². The van der Waals surface area contributed by atoms with Gasteiger partial charge in [-0.1, -0.05) is 140 Å². The average Bonchev–Trinajstić information content (AvgIpc) is 3.38. The van der Waals surface area contributed by atoms with Gasteiger partial charge in [0, 0.05) is 36.1 Å². The maximum absolute atomic E-state index is 15.4. The Kier molecular flexibility index (Phi) is 7.77. The highest BCUT2D eigenvalue weighted by molar-refractivity contribution is 6.12. The second kappa shape index (κ2) is 12.4. The first-order valence-electron chi connectivity index (χ1n) is 16.8. The van der Waals surface area contributed by atoms with Gasteiger partial charge in [0.1, 0.15) is 23.4 Å². The largest absolute Gasteiger partial charge is 0.490 e. The molecular formula is C44H38N2O3. The molecule has 242 valence electrons. The molecule has 0 fully saturated rings. The van der Waals surface area contributed by atoms with Crippen molar-refractivity contribution in [3.63, 3.8) is 0 Å². The molecule has 6 aromatic carbocycles. The molecule has 2 heterocycles. The van der Waals surface area contributed by atoms with Crippen molar-refractivity contribution in [3.8, 4) is 5.75 Å². The van der Waals surface area contributed by atoms with E-state index in [1.54, 1.807) is 0 Å². The third kappa shape index (κ3) is 5.18. The zero-order valence-electron chi connectivity index (χ0n) is 27.5. The number of carbonyl (C=O) groups excluding carboxylic acids is 1. The zero-order valence-corrected chi connectivity index (χ0v) is 27.5. The molecule has 2 aliphatic rings. The van der Waals surface area contributed by atoms with Crippen LogP contribution < -0.4 is 14.5 Å². The molecule has 0 unspecified atom stereocenters. The summed E-state index contributed by atoms with van der Waals surface area (Å²) in [4.78, 5) is 19.6. The van der Waals surface area contributed by atoms with Crippen molar-refractivity contribution >= 4 is 17.3 Å². The van der Waals surface area contributed by atoms with Crippen LogP contribution in [0, 0.1) is 6.92 Å². The summed E-state index contributed by atoms with van der Waals surface area (Å²) in [5, 5.41) is 13.1. The summed E-state index contributed by atoms with van der Waals surface area (Å²) < 4.78 is 6.56. The molecule has 5 nitrogen and oxygen atoms in total. The smallest absolute Gasteiger partial charge is 0.246 e. The highest BCUT2D eigenvalue weighted by atomic mass is 16.5. The number of fused-ring (bicyclic) bond motifs is 4. The maximum atomic E-state index is 15.4. The molecule has 2 aliphatic heterocycles. The van der Waals surface area contributed by atoms with E-state index in [1.165, 1.54) is 11.1 Å². The lowest BCUT2D eigenvalue weighted by atomic mass is 9.60. The molecule has 5 heteroatoms. The molecule has 8 rings (SSSR count). The number of ether oxygens (including phenoxy) is 1. The first-order chi connectivity index (χ1) is 24.0. The number of aryl methyl sites for hydroxylation is 1. The second-order valence-corrected chi connectivity index (χ2v) is 13.2. The van der Waals surface area contributed by atoms with Crippen LogP contribution in [0.25, 0.3) is 0 Å². The number of carbonyl (C=O) groups is 1. The lowest BCUT2D eigenvalue weighted by Gasteiger charge is -2.48. The molecule has 0 bridgehead atoms. The Morgan fingerprint density at radius 1 is 0.673 bits per heavy atom. The Balaban J connectivity index is 1.31. The molecule has 0 aromatic heterocycles. The van der Waals surface area contributed by atoms with Gasteiger partial charge in [-0.05, 0) is 52.4 Å². The normalized spacial score (nSPS) is 19.3. The Morgan fingerprint density at radius 3 is 1.84 bits per heavy atom. The lowest BCUT2D eigenvalue weighted by molar-refractivity contribution is -0.139. The van der Waals surface area contributed by atoms with Gasteiger partial charge in [0.15, 0.2) is 0 Å². The summed E-state index contributed by atoms with van der Waals surface area (Å²) in [6.07, 6.45) is 0. The van der Waals surface area contributed by atoms with E-state index >= 15 is 4.79 Å². The molecule has 0 radical (unpaired) electrons. The Bertz CT molecular complexity index is 2060. The van der Waals surface area contributed by atoms with Crippen molar-refractivity contribution in [1.82, 2.24) is 0 Å². The van der Waals surface area contributed by atoms with Gasteiger partial charge in [-0.15, -0.1) is 0 Å². The highest BCUT2D eigenvalue weighted by Crippen LogP contribution is 2.60. The number of amides is 1. The van der Waals surface area contributed by atoms with E-state index < -0.39 is 11.0 Å². The zero-order chi connectivity index (χ0) is 33.4. The Labute approximate surface area is 287 Å². The van der Waals surface area contributed by atoms with E-state index in [4.69, 9.17) is 4.74 Å². The quantitative estimate of drug-likeness (QED) is 0.182. The van der Waals surface area contributed by atoms with Crippen LogP contribution in [-0.2, 0) is 35.4 Å². The van der Waals surface area contributed by atoms with Gasteiger partial charge in [-0.2, -0.15) is 0 Å². The molecule has 1 N–H and O–H groups in total. The van der Waals surface area contributed by atoms with Crippen molar-refractivity contribution < 1.29 is 14.6 Å². The molecule has 1 amide bonds. The van der Waals surface area contributed by atoms with Crippen LogP contribution in [-0.4, -0.2) is 17.6 Å². The predicted molar refractivity (Wildman–Crippen MR) is 195 cm³/mol. The molecule has 0 saturated heterocycles. The molecule has 49 heavy (non-hydrogen) atoms. The van der Waals surface area contributed by atoms with Crippen molar-refractivity contribution in [1.29, 1.82) is 0 Å². The van der Waals surface area contributed by atoms with Gasteiger partial charge in [0.25, 0.3) is 0 Å². The lowest BCUT2D eigenvalue weighted by Crippen LogP contribution is -2.61. The second-order valence-electron chi connectivity index (χ2n) is 13.2. The van der Waals surface area contributed by atoms with Crippen LogP contribution in [0.1, 0.15) is 38.9 Å². The standard InChI is InChI=1S/C44H38N2O3/c1-32-22-24-38-40(26-32)46(30-35-18-10-4-11-19-35)42(47)44(38)39-25-23-37(27-41(39)49-31-43(44,48)36-20-12-5-13-21-36)45(28-33-14-6-2-7-15-33)29-34-16-8-3-9-17-34/h2-27,48H,28-31H2,1H3/t43-,44+/m0/s1. The maximum Gasteiger partial charge on any atom is 0.246 e. The summed E-state index contributed by atoms with van der Waals surface area (Å²) in [5.41, 5.74) is 5.21. The molecular weight excluding hydrogens is 604 g/mol. The summed E-state index contributed by atoms with van der Waals surface area (Å²) in [6, 6.07) is 52.7. The first kappa shape index (κ1) is 30.7. The van der Waals surface area contributed by atoms with Crippen molar-refractivity contribution in [2.75, 3.05) is 16.4 Å². The van der Waals surface area contributed by atoms with Crippen LogP contribution in [0.2, 0.25) is 0 Å². The Morgan fingerprint density at radius 2 is 1.22 bits per heavy atom. The van der Waals surface area contributed by atoms with Crippen molar-refractivity contribution in [2.45, 2.75) is 37.6 Å². The summed E-state index contributed by atoms with van der Waals surface area (Å²) in [6.45, 7) is 3.74. The minimum Gasteiger partial charge on any atom is -0.490 e. The minimum atomic E-state index is -1.68. The Hall–Kier alpha value is -5.65. The van der Waals surface area contributed by atoms with E-state index in [-0.39, 0.29) is 12.5 Å². The van der Waals surface area contributed by atoms with Gasteiger partial charge in [-0.25, -0.2) is 0 Å². The molecule has 6 aromatic rings. The number of anilines is 2. The number of aliphatic hydroxyl groups is 1. The average molecular weight is 643 g/mol. The van der Waals surface area contributed by atoms with E-state index in [0.29, 0.717) is 36.5 Å². The third-order valence-electron chi connectivity index (χ3n) is 10.1. The third-order valence-corrected chi connectivity index (χ3v) is 10.1. The van der Waals surface area contributed by atoms with E-state index in [9.17, 15) is 5.11 Å². The monoisotopic (exact) mass is 642 g/mol. The van der Waals surface area contributed by atoms with Gasteiger partial charge in [-0.3, -0.25) is 4.79 Å².